The van der Waals surface area contributed by atoms with Crippen LogP contribution in [0.4, 0.5) is 0 Å². The second-order valence-corrected chi connectivity index (χ2v) is 10.5. The van der Waals surface area contributed by atoms with Crippen LogP contribution in [0.1, 0.15) is 40.4 Å². The molecule has 0 saturated carbocycles. The zero-order chi connectivity index (χ0) is 29.3. The summed E-state index contributed by atoms with van der Waals surface area (Å²) >= 11 is 0. The Morgan fingerprint density at radius 3 is 2.05 bits per heavy atom. The van der Waals surface area contributed by atoms with Gasteiger partial charge in [-0.05, 0) is 72.6 Å². The Labute approximate surface area is 240 Å². The molecule has 5 rings (SSSR count). The summed E-state index contributed by atoms with van der Waals surface area (Å²) in [5.41, 5.74) is 3.25. The molecule has 0 bridgehead atoms. The maximum absolute atomic E-state index is 13.3. The number of nitrogens with zero attached hydrogens (tertiary/aromatic N) is 1. The van der Waals surface area contributed by atoms with Crippen molar-refractivity contribution < 1.29 is 42.7 Å². The topological polar surface area (TPSA) is 102 Å². The van der Waals surface area contributed by atoms with Crippen LogP contribution in [-0.4, -0.2) is 78.7 Å². The number of rotatable bonds is 8. The molecule has 10 nitrogen and oxygen atoms in total. The highest BCUT2D eigenvalue weighted by Crippen LogP contribution is 2.49. The summed E-state index contributed by atoms with van der Waals surface area (Å²) in [6, 6.07) is 7.37. The van der Waals surface area contributed by atoms with Gasteiger partial charge in [-0.25, -0.2) is 9.59 Å². The summed E-state index contributed by atoms with van der Waals surface area (Å²) in [6.07, 6.45) is 3.42. The molecule has 2 aromatic rings. The van der Waals surface area contributed by atoms with E-state index in [0.717, 1.165) is 31.7 Å². The minimum absolute atomic E-state index is 0.0288. The predicted molar refractivity (Wildman–Crippen MR) is 149 cm³/mol. The third-order valence-corrected chi connectivity index (χ3v) is 8.51. The molecular weight excluding hydrogens is 530 g/mol. The van der Waals surface area contributed by atoms with Crippen LogP contribution in [0.3, 0.4) is 0 Å². The average Bonchev–Trinajstić information content (AvgIpc) is 3.01. The van der Waals surface area contributed by atoms with E-state index in [1.165, 1.54) is 39.6 Å². The maximum atomic E-state index is 13.3. The first-order valence-electron chi connectivity index (χ1n) is 13.6. The fourth-order valence-corrected chi connectivity index (χ4v) is 6.57. The Hall–Kier alpha value is -3.92. The Balaban J connectivity index is 1.42. The minimum atomic E-state index is -0.588. The molecule has 2 heterocycles. The zero-order valence-electron chi connectivity index (χ0n) is 24.4. The molecule has 10 heteroatoms. The van der Waals surface area contributed by atoms with Crippen LogP contribution in [0.5, 0.6) is 28.7 Å². The van der Waals surface area contributed by atoms with Gasteiger partial charge in [-0.1, -0.05) is 0 Å². The van der Waals surface area contributed by atoms with Crippen LogP contribution in [0.15, 0.2) is 35.9 Å². The quantitative estimate of drug-likeness (QED) is 0.435. The van der Waals surface area contributed by atoms with Gasteiger partial charge in [0.05, 0.1) is 48.2 Å². The lowest BCUT2D eigenvalue weighted by Crippen LogP contribution is -2.49. The van der Waals surface area contributed by atoms with Gasteiger partial charge < -0.3 is 33.2 Å². The maximum Gasteiger partial charge on any atom is 0.338 e. The Kier molecular flexibility index (Phi) is 8.30. The minimum Gasteiger partial charge on any atom is -0.493 e. The van der Waals surface area contributed by atoms with E-state index >= 15 is 0 Å². The smallest absolute Gasteiger partial charge is 0.338 e. The Morgan fingerprint density at radius 1 is 0.780 bits per heavy atom. The van der Waals surface area contributed by atoms with E-state index in [4.69, 9.17) is 33.2 Å². The summed E-state index contributed by atoms with van der Waals surface area (Å²) in [4.78, 5) is 28.8. The van der Waals surface area contributed by atoms with Crippen LogP contribution in [0, 0.1) is 11.8 Å². The first-order valence-corrected chi connectivity index (χ1v) is 13.6. The highest BCUT2D eigenvalue weighted by atomic mass is 16.5. The molecule has 2 aromatic carbocycles. The number of esters is 2. The standard InChI is InChI=1S/C31H37NO9/c1-35-25-10-17-7-8-32-16-19-9-20(41-30(33)18-11-27(37-3)29(39-5)28(12-18)38-4)13-23(31(34)40-6)21(19)14-24(32)22(17)15-26(25)36-2/h10-13,15,19-21,24H,7-9,14,16H2,1-6H3/t19-,20+,21+,24+/m1/s1. The lowest BCUT2D eigenvalue weighted by Gasteiger charge is -2.49. The van der Waals surface area contributed by atoms with Crippen molar-refractivity contribution in [2.75, 3.05) is 55.7 Å². The number of hydrogen-bond donors (Lipinski definition) is 0. The van der Waals surface area contributed by atoms with Gasteiger partial charge in [0.25, 0.3) is 0 Å². The first-order chi connectivity index (χ1) is 19.8. The number of carbonyl (C=O) groups excluding carboxylic acids is 2. The van der Waals surface area contributed by atoms with Gasteiger partial charge in [-0.15, -0.1) is 0 Å². The third-order valence-electron chi connectivity index (χ3n) is 8.51. The van der Waals surface area contributed by atoms with E-state index in [2.05, 4.69) is 17.0 Å². The van der Waals surface area contributed by atoms with Crippen LogP contribution >= 0.6 is 0 Å². The van der Waals surface area contributed by atoms with Gasteiger partial charge in [-0.3, -0.25) is 4.90 Å². The van der Waals surface area contributed by atoms with E-state index in [1.54, 1.807) is 32.4 Å². The van der Waals surface area contributed by atoms with Gasteiger partial charge >= 0.3 is 11.9 Å². The van der Waals surface area contributed by atoms with Crippen molar-refractivity contribution in [3.8, 4) is 28.7 Å². The summed E-state index contributed by atoms with van der Waals surface area (Å²) < 4.78 is 38.4. The van der Waals surface area contributed by atoms with E-state index in [0.29, 0.717) is 35.0 Å². The molecule has 0 radical (unpaired) electrons. The molecular formula is C31H37NO9. The zero-order valence-corrected chi connectivity index (χ0v) is 24.4. The molecule has 2 aliphatic heterocycles. The first kappa shape index (κ1) is 28.6. The van der Waals surface area contributed by atoms with Crippen LogP contribution in [0.2, 0.25) is 0 Å². The number of methoxy groups -OCH3 is 6. The van der Waals surface area contributed by atoms with E-state index < -0.39 is 18.0 Å². The number of piperidine rings is 1. The number of hydrogen-bond acceptors (Lipinski definition) is 10. The molecule has 1 saturated heterocycles. The third kappa shape index (κ3) is 5.28. The van der Waals surface area contributed by atoms with Crippen molar-refractivity contribution in [3.63, 3.8) is 0 Å². The van der Waals surface area contributed by atoms with Crippen LogP contribution in [-0.2, 0) is 20.7 Å². The van der Waals surface area contributed by atoms with Crippen molar-refractivity contribution in [1.29, 1.82) is 0 Å². The van der Waals surface area contributed by atoms with Crippen molar-refractivity contribution >= 4 is 11.9 Å². The molecule has 3 aliphatic rings. The lowest BCUT2D eigenvalue weighted by molar-refractivity contribution is -0.138. The second-order valence-electron chi connectivity index (χ2n) is 10.5. The number of benzene rings is 2. The molecule has 0 N–H and O–H groups in total. The molecule has 0 spiro atoms. The lowest BCUT2D eigenvalue weighted by atomic mass is 9.69. The second kappa shape index (κ2) is 11.9. The van der Waals surface area contributed by atoms with Gasteiger partial charge in [0, 0.05) is 24.7 Å². The Morgan fingerprint density at radius 2 is 1.44 bits per heavy atom. The van der Waals surface area contributed by atoms with Crippen LogP contribution in [0.25, 0.3) is 0 Å². The highest BCUT2D eigenvalue weighted by molar-refractivity contribution is 5.92. The molecule has 220 valence electrons. The fourth-order valence-electron chi connectivity index (χ4n) is 6.57. The van der Waals surface area contributed by atoms with Gasteiger partial charge in [0.2, 0.25) is 5.75 Å². The van der Waals surface area contributed by atoms with Gasteiger partial charge in [-0.2, -0.15) is 0 Å². The van der Waals surface area contributed by atoms with Gasteiger partial charge in [0.1, 0.15) is 6.10 Å². The van der Waals surface area contributed by atoms with Crippen molar-refractivity contribution in [3.05, 3.63) is 52.6 Å². The summed E-state index contributed by atoms with van der Waals surface area (Å²) in [5.74, 6) is 1.65. The molecule has 0 amide bonds. The van der Waals surface area contributed by atoms with E-state index in [9.17, 15) is 9.59 Å². The average molecular weight is 568 g/mol. The largest absolute Gasteiger partial charge is 0.493 e. The Bertz CT molecular complexity index is 1330. The van der Waals surface area contributed by atoms with E-state index in [-0.39, 0.29) is 23.4 Å². The van der Waals surface area contributed by atoms with Crippen molar-refractivity contribution in [1.82, 2.24) is 4.90 Å². The fraction of sp³-hybridized carbons (Fsp3) is 0.484. The normalized spacial score (nSPS) is 23.1. The van der Waals surface area contributed by atoms with Crippen LogP contribution < -0.4 is 23.7 Å². The molecule has 0 aromatic heterocycles. The predicted octanol–water partition coefficient (Wildman–Crippen LogP) is 3.99. The monoisotopic (exact) mass is 567 g/mol. The number of carbonyl (C=O) groups is 2. The van der Waals surface area contributed by atoms with Crippen molar-refractivity contribution in [2.45, 2.75) is 31.4 Å². The summed E-state index contributed by atoms with van der Waals surface area (Å²) in [7, 11) is 9.14. The summed E-state index contributed by atoms with van der Waals surface area (Å²) in [6.45, 7) is 1.67. The molecule has 41 heavy (non-hydrogen) atoms. The highest BCUT2D eigenvalue weighted by Gasteiger charge is 2.45. The SMILES string of the molecule is COC(=O)C1=C[C@@H](OC(=O)c2cc(OC)c(OC)c(OC)c2)C[C@@H]2CN3CCc4cc(OC)c(OC)cc4[C@@H]3C[C@H]12. The van der Waals surface area contributed by atoms with Crippen molar-refractivity contribution in [2.24, 2.45) is 11.8 Å². The molecule has 1 aliphatic carbocycles. The molecule has 0 unspecified atom stereocenters. The summed E-state index contributed by atoms with van der Waals surface area (Å²) in [5, 5.41) is 0. The van der Waals surface area contributed by atoms with E-state index in [1.807, 2.05) is 0 Å². The number of fused-ring (bicyclic) bond motifs is 4. The molecule has 1 fully saturated rings. The number of ether oxygens (including phenoxy) is 7. The molecule has 4 atom stereocenters. The van der Waals surface area contributed by atoms with Gasteiger partial charge in [0.15, 0.2) is 23.0 Å².